The van der Waals surface area contributed by atoms with E-state index in [-0.39, 0.29) is 5.91 Å². The number of aryl methyl sites for hydroxylation is 2. The minimum absolute atomic E-state index is 0.207. The first-order valence-corrected chi connectivity index (χ1v) is 6.86. The Balaban J connectivity index is 2.04. The molecule has 0 saturated heterocycles. The first kappa shape index (κ1) is 14.9. The second kappa shape index (κ2) is 6.31. The van der Waals surface area contributed by atoms with Crippen LogP contribution in [0.4, 0.5) is 11.4 Å². The third-order valence-corrected chi connectivity index (χ3v) is 3.17. The molecule has 0 heterocycles. The summed E-state index contributed by atoms with van der Waals surface area (Å²) in [5.41, 5.74) is 9.06. The summed E-state index contributed by atoms with van der Waals surface area (Å²) >= 11 is 0. The van der Waals surface area contributed by atoms with Gasteiger partial charge < -0.3 is 15.8 Å². The fourth-order valence-corrected chi connectivity index (χ4v) is 1.94. The SMILES string of the molecule is Cc1ccc(C)c(O[C@@H](C)C(=O)Nc2cccc(N)c2)c1. The Morgan fingerprint density at radius 3 is 2.67 bits per heavy atom. The van der Waals surface area contributed by atoms with Gasteiger partial charge in [0.05, 0.1) is 0 Å². The van der Waals surface area contributed by atoms with Crippen molar-refractivity contribution in [3.8, 4) is 5.75 Å². The Morgan fingerprint density at radius 1 is 1.19 bits per heavy atom. The molecule has 0 aliphatic heterocycles. The molecular formula is C17H20N2O2. The topological polar surface area (TPSA) is 64.3 Å². The van der Waals surface area contributed by atoms with Crippen molar-refractivity contribution in [1.82, 2.24) is 0 Å². The molecule has 2 aromatic rings. The predicted molar refractivity (Wildman–Crippen MR) is 85.5 cm³/mol. The highest BCUT2D eigenvalue weighted by Gasteiger charge is 2.16. The van der Waals surface area contributed by atoms with E-state index in [1.807, 2.05) is 32.0 Å². The number of nitrogens with two attached hydrogens (primary N) is 1. The molecule has 0 bridgehead atoms. The number of hydrogen-bond acceptors (Lipinski definition) is 3. The van der Waals surface area contributed by atoms with Crippen molar-refractivity contribution in [3.05, 3.63) is 53.6 Å². The number of benzene rings is 2. The number of anilines is 2. The maximum atomic E-state index is 12.1. The van der Waals surface area contributed by atoms with Gasteiger partial charge in [-0.2, -0.15) is 0 Å². The lowest BCUT2D eigenvalue weighted by Gasteiger charge is -2.17. The molecule has 0 radical (unpaired) electrons. The zero-order valence-electron chi connectivity index (χ0n) is 12.5. The van der Waals surface area contributed by atoms with Crippen molar-refractivity contribution in [2.75, 3.05) is 11.1 Å². The zero-order valence-corrected chi connectivity index (χ0v) is 12.5. The predicted octanol–water partition coefficient (Wildman–Crippen LogP) is 3.29. The van der Waals surface area contributed by atoms with Gasteiger partial charge in [0.15, 0.2) is 6.10 Å². The number of carbonyl (C=O) groups is 1. The average Bonchev–Trinajstić information content (AvgIpc) is 2.43. The Hall–Kier alpha value is -2.49. The molecule has 0 spiro atoms. The molecule has 0 aliphatic rings. The van der Waals surface area contributed by atoms with Gasteiger partial charge in [0.25, 0.3) is 5.91 Å². The molecular weight excluding hydrogens is 264 g/mol. The van der Waals surface area contributed by atoms with Crippen molar-refractivity contribution in [1.29, 1.82) is 0 Å². The monoisotopic (exact) mass is 284 g/mol. The summed E-state index contributed by atoms with van der Waals surface area (Å²) in [5, 5.41) is 2.79. The largest absolute Gasteiger partial charge is 0.481 e. The first-order valence-electron chi connectivity index (χ1n) is 6.86. The summed E-state index contributed by atoms with van der Waals surface area (Å²) in [5.74, 6) is 0.520. The van der Waals surface area contributed by atoms with Crippen LogP contribution < -0.4 is 15.8 Å². The van der Waals surface area contributed by atoms with Crippen LogP contribution in [0.1, 0.15) is 18.1 Å². The van der Waals surface area contributed by atoms with Gasteiger partial charge in [-0.3, -0.25) is 4.79 Å². The van der Waals surface area contributed by atoms with Crippen LogP contribution >= 0.6 is 0 Å². The van der Waals surface area contributed by atoms with E-state index in [1.54, 1.807) is 31.2 Å². The average molecular weight is 284 g/mol. The molecule has 110 valence electrons. The number of rotatable bonds is 4. The molecule has 0 unspecified atom stereocenters. The van der Waals surface area contributed by atoms with E-state index in [4.69, 9.17) is 10.5 Å². The minimum atomic E-state index is -0.591. The fourth-order valence-electron chi connectivity index (χ4n) is 1.94. The first-order chi connectivity index (χ1) is 9.95. The van der Waals surface area contributed by atoms with Crippen molar-refractivity contribution >= 4 is 17.3 Å². The highest BCUT2D eigenvalue weighted by molar-refractivity contribution is 5.94. The van der Waals surface area contributed by atoms with E-state index < -0.39 is 6.10 Å². The van der Waals surface area contributed by atoms with Crippen molar-refractivity contribution in [2.24, 2.45) is 0 Å². The molecule has 3 N–H and O–H groups in total. The lowest BCUT2D eigenvalue weighted by Crippen LogP contribution is -2.30. The summed E-state index contributed by atoms with van der Waals surface area (Å²) in [6.45, 7) is 5.67. The Kier molecular flexibility index (Phi) is 4.48. The van der Waals surface area contributed by atoms with Crippen LogP contribution in [0.5, 0.6) is 5.75 Å². The Bertz CT molecular complexity index is 653. The smallest absolute Gasteiger partial charge is 0.265 e. The number of carbonyl (C=O) groups excluding carboxylic acids is 1. The van der Waals surface area contributed by atoms with Crippen LogP contribution in [0.2, 0.25) is 0 Å². The van der Waals surface area contributed by atoms with Crippen molar-refractivity contribution < 1.29 is 9.53 Å². The molecule has 4 nitrogen and oxygen atoms in total. The van der Waals surface area contributed by atoms with Crippen molar-refractivity contribution in [2.45, 2.75) is 26.9 Å². The second-order valence-corrected chi connectivity index (χ2v) is 5.14. The third kappa shape index (κ3) is 3.99. The molecule has 0 aliphatic carbocycles. The maximum absolute atomic E-state index is 12.1. The van der Waals surface area contributed by atoms with Gasteiger partial charge in [-0.25, -0.2) is 0 Å². The van der Waals surface area contributed by atoms with E-state index in [0.717, 1.165) is 16.9 Å². The summed E-state index contributed by atoms with van der Waals surface area (Å²) in [6, 6.07) is 13.0. The van der Waals surface area contributed by atoms with E-state index in [1.165, 1.54) is 0 Å². The molecule has 0 fully saturated rings. The number of amides is 1. The lowest BCUT2D eigenvalue weighted by molar-refractivity contribution is -0.122. The summed E-state index contributed by atoms with van der Waals surface area (Å²) in [4.78, 5) is 12.1. The molecule has 1 amide bonds. The molecule has 0 aromatic heterocycles. The van der Waals surface area contributed by atoms with Gasteiger partial charge >= 0.3 is 0 Å². The van der Waals surface area contributed by atoms with Gasteiger partial charge in [-0.15, -0.1) is 0 Å². The van der Waals surface area contributed by atoms with Gasteiger partial charge in [-0.1, -0.05) is 18.2 Å². The fraction of sp³-hybridized carbons (Fsp3) is 0.235. The Labute approximate surface area is 124 Å². The molecule has 4 heteroatoms. The summed E-state index contributed by atoms with van der Waals surface area (Å²) in [6.07, 6.45) is -0.591. The van der Waals surface area contributed by atoms with Crippen LogP contribution in [0.25, 0.3) is 0 Å². The standard InChI is InChI=1S/C17H20N2O2/c1-11-7-8-12(2)16(9-11)21-13(3)17(20)19-15-6-4-5-14(18)10-15/h4-10,13H,18H2,1-3H3,(H,19,20)/t13-/m0/s1. The normalized spacial score (nSPS) is 11.8. The highest BCUT2D eigenvalue weighted by atomic mass is 16.5. The van der Waals surface area contributed by atoms with Crippen molar-refractivity contribution in [3.63, 3.8) is 0 Å². The van der Waals surface area contributed by atoms with E-state index >= 15 is 0 Å². The van der Waals surface area contributed by atoms with Gasteiger partial charge in [0.1, 0.15) is 5.75 Å². The number of hydrogen-bond donors (Lipinski definition) is 2. The molecule has 0 saturated carbocycles. The van der Waals surface area contributed by atoms with E-state index in [2.05, 4.69) is 5.32 Å². The number of nitrogens with one attached hydrogen (secondary N) is 1. The second-order valence-electron chi connectivity index (χ2n) is 5.14. The number of nitrogen functional groups attached to an aromatic ring is 1. The minimum Gasteiger partial charge on any atom is -0.481 e. The summed E-state index contributed by atoms with van der Waals surface area (Å²) < 4.78 is 5.75. The zero-order chi connectivity index (χ0) is 15.4. The van der Waals surface area contributed by atoms with Crippen LogP contribution in [0.3, 0.4) is 0 Å². The molecule has 2 aromatic carbocycles. The highest BCUT2D eigenvalue weighted by Crippen LogP contribution is 2.21. The lowest BCUT2D eigenvalue weighted by atomic mass is 10.1. The van der Waals surface area contributed by atoms with Gasteiger partial charge in [0.2, 0.25) is 0 Å². The van der Waals surface area contributed by atoms with E-state index in [0.29, 0.717) is 11.4 Å². The Morgan fingerprint density at radius 2 is 1.95 bits per heavy atom. The van der Waals surface area contributed by atoms with E-state index in [9.17, 15) is 4.79 Å². The molecule has 21 heavy (non-hydrogen) atoms. The van der Waals surface area contributed by atoms with Crippen LogP contribution in [0.15, 0.2) is 42.5 Å². The van der Waals surface area contributed by atoms with Crippen LogP contribution in [0, 0.1) is 13.8 Å². The van der Waals surface area contributed by atoms with Crippen LogP contribution in [-0.4, -0.2) is 12.0 Å². The van der Waals surface area contributed by atoms with Gasteiger partial charge in [-0.05, 0) is 56.2 Å². The quantitative estimate of drug-likeness (QED) is 0.847. The van der Waals surface area contributed by atoms with Crippen LogP contribution in [-0.2, 0) is 4.79 Å². The third-order valence-electron chi connectivity index (χ3n) is 3.17. The molecule has 2 rings (SSSR count). The molecule has 1 atom stereocenters. The maximum Gasteiger partial charge on any atom is 0.265 e. The number of ether oxygens (including phenoxy) is 1. The van der Waals surface area contributed by atoms with Gasteiger partial charge in [0, 0.05) is 11.4 Å². The summed E-state index contributed by atoms with van der Waals surface area (Å²) in [7, 11) is 0.